The van der Waals surface area contributed by atoms with E-state index in [0.29, 0.717) is 31.5 Å². The number of ether oxygens (including phenoxy) is 2. The normalized spacial score (nSPS) is 14.2. The van der Waals surface area contributed by atoms with Crippen molar-refractivity contribution < 1.29 is 19.1 Å². The van der Waals surface area contributed by atoms with Crippen LogP contribution in [0.25, 0.3) is 27.5 Å². The molecule has 0 radical (unpaired) electrons. The summed E-state index contributed by atoms with van der Waals surface area (Å²) >= 11 is 0. The molecule has 1 aromatic heterocycles. The van der Waals surface area contributed by atoms with E-state index < -0.39 is 5.60 Å². The van der Waals surface area contributed by atoms with E-state index in [9.17, 15) is 14.9 Å². The molecular formula is C32H35N5O4. The van der Waals surface area contributed by atoms with Crippen molar-refractivity contribution in [2.24, 2.45) is 0 Å². The molecule has 9 nitrogen and oxygen atoms in total. The van der Waals surface area contributed by atoms with Crippen molar-refractivity contribution >= 4 is 39.6 Å². The Morgan fingerprint density at radius 2 is 1.78 bits per heavy atom. The molecule has 0 saturated carbocycles. The van der Waals surface area contributed by atoms with Gasteiger partial charge in [0, 0.05) is 35.6 Å². The standard InChI is InChI=1S/C32H35N5O4/c1-21-34-27-12-11-24(18-29(27)37(21)28-13-10-22(19-33)25-8-6-7-9-26(25)28)36(20-30(38)40-5)23-14-16-35(17-15-23)31(39)41-32(2,3)4/h6-13,18,23H,14-17,20H2,1-5H3. The summed E-state index contributed by atoms with van der Waals surface area (Å²) in [5, 5.41) is 11.5. The topological polar surface area (TPSA) is 101 Å². The summed E-state index contributed by atoms with van der Waals surface area (Å²) in [7, 11) is 1.39. The molecule has 4 aromatic rings. The quantitative estimate of drug-likeness (QED) is 0.291. The first-order valence-electron chi connectivity index (χ1n) is 13.8. The Kier molecular flexibility index (Phi) is 7.59. The summed E-state index contributed by atoms with van der Waals surface area (Å²) in [6, 6.07) is 20.0. The van der Waals surface area contributed by atoms with Gasteiger partial charge in [-0.15, -0.1) is 0 Å². The van der Waals surface area contributed by atoms with Gasteiger partial charge in [0.25, 0.3) is 0 Å². The van der Waals surface area contributed by atoms with Gasteiger partial charge < -0.3 is 19.3 Å². The van der Waals surface area contributed by atoms with Crippen molar-refractivity contribution in [3.8, 4) is 11.8 Å². The predicted molar refractivity (Wildman–Crippen MR) is 158 cm³/mol. The van der Waals surface area contributed by atoms with Crippen LogP contribution < -0.4 is 4.90 Å². The van der Waals surface area contributed by atoms with E-state index in [4.69, 9.17) is 14.5 Å². The molecule has 212 valence electrons. The zero-order chi connectivity index (χ0) is 29.3. The van der Waals surface area contributed by atoms with Crippen LogP contribution in [0.4, 0.5) is 10.5 Å². The third-order valence-electron chi connectivity index (χ3n) is 7.48. The third-order valence-corrected chi connectivity index (χ3v) is 7.48. The molecule has 5 rings (SSSR count). The SMILES string of the molecule is COC(=O)CN(c1ccc2nc(C)n(-c3ccc(C#N)c4ccccc34)c2c1)C1CCN(C(=O)OC(C)(C)C)CC1. The second kappa shape index (κ2) is 11.1. The van der Waals surface area contributed by atoms with E-state index in [1.54, 1.807) is 4.90 Å². The molecule has 1 saturated heterocycles. The Morgan fingerprint density at radius 1 is 1.07 bits per heavy atom. The van der Waals surface area contributed by atoms with Crippen LogP contribution in [0.15, 0.2) is 54.6 Å². The highest BCUT2D eigenvalue weighted by Gasteiger charge is 2.31. The molecule has 1 aliphatic rings. The maximum Gasteiger partial charge on any atom is 0.410 e. The number of imidazole rings is 1. The molecule has 0 unspecified atom stereocenters. The average Bonchev–Trinajstić information content (AvgIpc) is 3.29. The van der Waals surface area contributed by atoms with Crippen molar-refractivity contribution in [3.05, 3.63) is 66.0 Å². The number of esters is 1. The number of carbonyl (C=O) groups is 2. The minimum absolute atomic E-state index is 0.0263. The Morgan fingerprint density at radius 3 is 2.44 bits per heavy atom. The number of rotatable bonds is 5. The van der Waals surface area contributed by atoms with Gasteiger partial charge in [0.15, 0.2) is 0 Å². The highest BCUT2D eigenvalue weighted by molar-refractivity contribution is 5.96. The van der Waals surface area contributed by atoms with Crippen LogP contribution in [0.2, 0.25) is 0 Å². The molecule has 0 bridgehead atoms. The lowest BCUT2D eigenvalue weighted by molar-refractivity contribution is -0.139. The first-order chi connectivity index (χ1) is 19.6. The largest absolute Gasteiger partial charge is 0.468 e. The molecule has 41 heavy (non-hydrogen) atoms. The molecule has 1 fully saturated rings. The van der Waals surface area contributed by atoms with E-state index in [0.717, 1.165) is 39.0 Å². The van der Waals surface area contributed by atoms with Crippen molar-refractivity contribution in [1.82, 2.24) is 14.5 Å². The maximum absolute atomic E-state index is 12.6. The number of methoxy groups -OCH3 is 1. The number of anilines is 1. The van der Waals surface area contributed by atoms with Crippen LogP contribution in [-0.2, 0) is 14.3 Å². The predicted octanol–water partition coefficient (Wildman–Crippen LogP) is 5.74. The Hall–Kier alpha value is -4.58. The van der Waals surface area contributed by atoms with Gasteiger partial charge in [-0.25, -0.2) is 9.78 Å². The lowest BCUT2D eigenvalue weighted by Gasteiger charge is -2.39. The Bertz CT molecular complexity index is 1650. The van der Waals surface area contributed by atoms with Crippen molar-refractivity contribution in [3.63, 3.8) is 0 Å². The maximum atomic E-state index is 12.6. The number of aromatic nitrogens is 2. The number of benzene rings is 3. The first kappa shape index (κ1) is 28.0. The van der Waals surface area contributed by atoms with Crippen LogP contribution in [0.1, 0.15) is 45.0 Å². The van der Waals surface area contributed by atoms with Gasteiger partial charge in [-0.1, -0.05) is 24.3 Å². The number of hydrogen-bond donors (Lipinski definition) is 0. The zero-order valence-corrected chi connectivity index (χ0v) is 24.2. The zero-order valence-electron chi connectivity index (χ0n) is 24.2. The summed E-state index contributed by atoms with van der Waals surface area (Å²) in [6.07, 6.45) is 1.06. The molecule has 0 spiro atoms. The lowest BCUT2D eigenvalue weighted by Crippen LogP contribution is -2.49. The van der Waals surface area contributed by atoms with E-state index in [1.807, 2.05) is 76.2 Å². The molecule has 0 atom stereocenters. The summed E-state index contributed by atoms with van der Waals surface area (Å²) in [4.78, 5) is 33.8. The number of nitrogens with zero attached hydrogens (tertiary/aromatic N) is 5. The Balaban J connectivity index is 1.52. The number of nitriles is 1. The molecule has 0 N–H and O–H groups in total. The Labute approximate surface area is 239 Å². The fourth-order valence-electron chi connectivity index (χ4n) is 5.56. The third kappa shape index (κ3) is 5.68. The van der Waals surface area contributed by atoms with Gasteiger partial charge >= 0.3 is 12.1 Å². The fourth-order valence-corrected chi connectivity index (χ4v) is 5.56. The second-order valence-electron chi connectivity index (χ2n) is 11.4. The van der Waals surface area contributed by atoms with Gasteiger partial charge in [-0.3, -0.25) is 9.36 Å². The van der Waals surface area contributed by atoms with Crippen molar-refractivity contribution in [2.45, 2.75) is 52.2 Å². The average molecular weight is 554 g/mol. The summed E-state index contributed by atoms with van der Waals surface area (Å²) in [5.74, 6) is 0.486. The molecule has 3 aromatic carbocycles. The van der Waals surface area contributed by atoms with Crippen molar-refractivity contribution in [1.29, 1.82) is 5.26 Å². The molecule has 0 aliphatic carbocycles. The number of amides is 1. The molecule has 1 aliphatic heterocycles. The smallest absolute Gasteiger partial charge is 0.410 e. The molecule has 9 heteroatoms. The monoisotopic (exact) mass is 553 g/mol. The second-order valence-corrected chi connectivity index (χ2v) is 11.4. The number of aryl methyl sites for hydroxylation is 1. The van der Waals surface area contributed by atoms with E-state index in [2.05, 4.69) is 21.6 Å². The van der Waals surface area contributed by atoms with Crippen LogP contribution in [0.5, 0.6) is 0 Å². The summed E-state index contributed by atoms with van der Waals surface area (Å²) < 4.78 is 12.7. The highest BCUT2D eigenvalue weighted by Crippen LogP contribution is 2.33. The number of likely N-dealkylation sites (tertiary alicyclic amines) is 1. The van der Waals surface area contributed by atoms with Crippen LogP contribution in [-0.4, -0.2) is 64.9 Å². The minimum atomic E-state index is -0.554. The number of carbonyl (C=O) groups excluding carboxylic acids is 2. The fraction of sp³-hybridized carbons (Fsp3) is 0.375. The van der Waals surface area contributed by atoms with Gasteiger partial charge in [-0.05, 0) is 70.9 Å². The molecule has 2 heterocycles. The summed E-state index contributed by atoms with van der Waals surface area (Å²) in [6.45, 7) is 8.70. The first-order valence-corrected chi connectivity index (χ1v) is 13.8. The van der Waals surface area contributed by atoms with E-state index >= 15 is 0 Å². The van der Waals surface area contributed by atoms with Crippen molar-refractivity contribution in [2.75, 3.05) is 31.6 Å². The number of hydrogen-bond acceptors (Lipinski definition) is 7. The van der Waals surface area contributed by atoms with E-state index in [-0.39, 0.29) is 24.6 Å². The highest BCUT2D eigenvalue weighted by atomic mass is 16.6. The van der Waals surface area contributed by atoms with Crippen LogP contribution in [0.3, 0.4) is 0 Å². The van der Waals surface area contributed by atoms with Crippen LogP contribution >= 0.6 is 0 Å². The molecule has 1 amide bonds. The minimum Gasteiger partial charge on any atom is -0.468 e. The van der Waals surface area contributed by atoms with Gasteiger partial charge in [0.05, 0.1) is 35.5 Å². The van der Waals surface area contributed by atoms with Gasteiger partial charge in [0.2, 0.25) is 0 Å². The van der Waals surface area contributed by atoms with Crippen LogP contribution in [0, 0.1) is 18.3 Å². The number of piperidine rings is 1. The van der Waals surface area contributed by atoms with Gasteiger partial charge in [0.1, 0.15) is 18.0 Å². The lowest BCUT2D eigenvalue weighted by atomic mass is 10.0. The van der Waals surface area contributed by atoms with E-state index in [1.165, 1.54) is 7.11 Å². The molecular weight excluding hydrogens is 518 g/mol. The number of fused-ring (bicyclic) bond motifs is 2. The summed E-state index contributed by atoms with van der Waals surface area (Å²) in [5.41, 5.74) is 3.60. The van der Waals surface area contributed by atoms with Gasteiger partial charge in [-0.2, -0.15) is 5.26 Å².